The minimum Gasteiger partial charge on any atom is -0.375 e. The number of thiazole rings is 1. The fourth-order valence-electron chi connectivity index (χ4n) is 1.73. The molecular weight excluding hydrogens is 345 g/mol. The summed E-state index contributed by atoms with van der Waals surface area (Å²) in [5.41, 5.74) is 6.31. The van der Waals surface area contributed by atoms with Gasteiger partial charge in [-0.2, -0.15) is 0 Å². The lowest BCUT2D eigenvalue weighted by molar-refractivity contribution is 0.619. The molecule has 2 atom stereocenters. The van der Waals surface area contributed by atoms with Crippen LogP contribution in [0.5, 0.6) is 0 Å². The van der Waals surface area contributed by atoms with Crippen LogP contribution in [0.1, 0.15) is 37.3 Å². The van der Waals surface area contributed by atoms with E-state index >= 15 is 0 Å². The van der Waals surface area contributed by atoms with Gasteiger partial charge in [0, 0.05) is 16.1 Å². The van der Waals surface area contributed by atoms with Crippen LogP contribution in [0.3, 0.4) is 0 Å². The normalized spacial score (nSPS) is 14.8. The monoisotopic (exact) mass is 361 g/mol. The van der Waals surface area contributed by atoms with E-state index in [2.05, 4.69) is 9.71 Å². The molecule has 0 spiro atoms. The highest BCUT2D eigenvalue weighted by Gasteiger charge is 2.27. The molecule has 0 saturated carbocycles. The summed E-state index contributed by atoms with van der Waals surface area (Å²) in [5, 5.41) is 0.664. The fraction of sp³-hybridized carbons (Fsp3) is 0.357. The van der Waals surface area contributed by atoms with Gasteiger partial charge in [-0.15, -0.1) is 11.3 Å². The van der Waals surface area contributed by atoms with Gasteiger partial charge in [0.05, 0.1) is 21.8 Å². The number of halogens is 2. The second-order valence-electron chi connectivity index (χ2n) is 5.70. The molecule has 0 aliphatic carbocycles. The predicted molar refractivity (Wildman–Crippen MR) is 90.8 cm³/mol. The maximum atomic E-state index is 13.3. The van der Waals surface area contributed by atoms with E-state index in [9.17, 15) is 8.60 Å². The Hall–Kier alpha value is -1.02. The number of aromatic nitrogens is 1. The first kappa shape index (κ1) is 17.3. The van der Waals surface area contributed by atoms with Crippen LogP contribution < -0.4 is 10.5 Å². The summed E-state index contributed by atoms with van der Waals surface area (Å²) in [5.74, 6) is -0.423. The third kappa shape index (κ3) is 4.04. The molecule has 1 aromatic carbocycles. The smallest absolute Gasteiger partial charge is 0.180 e. The Labute approximate surface area is 140 Å². The summed E-state index contributed by atoms with van der Waals surface area (Å²) in [6, 6.07) is 3.66. The van der Waals surface area contributed by atoms with Gasteiger partial charge in [0.2, 0.25) is 0 Å². The maximum Gasteiger partial charge on any atom is 0.180 e. The Bertz CT molecular complexity index is 700. The van der Waals surface area contributed by atoms with Crippen LogP contribution >= 0.6 is 22.9 Å². The number of anilines is 1. The van der Waals surface area contributed by atoms with Crippen LogP contribution in [0.2, 0.25) is 5.02 Å². The Morgan fingerprint density at radius 1 is 1.45 bits per heavy atom. The van der Waals surface area contributed by atoms with Gasteiger partial charge >= 0.3 is 0 Å². The molecule has 120 valence electrons. The molecule has 0 saturated heterocycles. The fourth-order valence-corrected chi connectivity index (χ4v) is 3.66. The van der Waals surface area contributed by atoms with Crippen molar-refractivity contribution in [3.05, 3.63) is 45.7 Å². The highest BCUT2D eigenvalue weighted by molar-refractivity contribution is 7.84. The minimum absolute atomic E-state index is 0.260. The van der Waals surface area contributed by atoms with E-state index in [4.69, 9.17) is 17.3 Å². The molecule has 0 aliphatic heterocycles. The molecule has 2 aromatic rings. The number of benzene rings is 1. The van der Waals surface area contributed by atoms with Crippen LogP contribution in [0.15, 0.2) is 24.4 Å². The Morgan fingerprint density at radius 2 is 2.14 bits per heavy atom. The molecule has 2 rings (SSSR count). The van der Waals surface area contributed by atoms with Crippen LogP contribution in [-0.4, -0.2) is 13.9 Å². The van der Waals surface area contributed by atoms with Crippen molar-refractivity contribution in [2.75, 3.05) is 5.73 Å². The van der Waals surface area contributed by atoms with E-state index in [0.29, 0.717) is 10.7 Å². The standard InChI is InChI=1S/C14H17ClFN3OS2/c1-14(2,3)22(20)19-12(11-7-18-13(17)21-11)9-5-4-8(16)6-10(9)15/h4-7,12,19H,1-3H3,(H2,17,18)/t12-,22?/m1/s1. The van der Waals surface area contributed by atoms with E-state index in [-0.39, 0.29) is 5.02 Å². The predicted octanol–water partition coefficient (Wildman–Crippen LogP) is 3.66. The van der Waals surface area contributed by atoms with E-state index in [0.717, 1.165) is 4.88 Å². The van der Waals surface area contributed by atoms with E-state index in [1.165, 1.54) is 23.5 Å². The molecule has 1 heterocycles. The van der Waals surface area contributed by atoms with Crippen LogP contribution in [0, 0.1) is 5.82 Å². The second-order valence-corrected chi connectivity index (χ2v) is 9.20. The van der Waals surface area contributed by atoms with E-state index in [1.54, 1.807) is 12.3 Å². The Balaban J connectivity index is 2.44. The lowest BCUT2D eigenvalue weighted by Gasteiger charge is -2.24. The molecule has 4 nitrogen and oxygen atoms in total. The molecule has 0 aliphatic rings. The summed E-state index contributed by atoms with van der Waals surface area (Å²) in [7, 11) is -1.34. The molecule has 1 unspecified atom stereocenters. The molecule has 0 radical (unpaired) electrons. The van der Waals surface area contributed by atoms with Crippen molar-refractivity contribution in [1.82, 2.24) is 9.71 Å². The Morgan fingerprint density at radius 3 is 2.64 bits per heavy atom. The highest BCUT2D eigenvalue weighted by atomic mass is 35.5. The summed E-state index contributed by atoms with van der Waals surface area (Å²) >= 11 is 7.43. The first-order valence-corrected chi connectivity index (χ1v) is 8.87. The zero-order chi connectivity index (χ0) is 16.5. The summed E-state index contributed by atoms with van der Waals surface area (Å²) in [6.45, 7) is 5.58. The molecular formula is C14H17ClFN3OS2. The van der Waals surface area contributed by atoms with Gasteiger partial charge in [0.1, 0.15) is 5.82 Å². The largest absolute Gasteiger partial charge is 0.375 e. The molecule has 0 amide bonds. The van der Waals surface area contributed by atoms with E-state index in [1.807, 2.05) is 20.8 Å². The second kappa shape index (κ2) is 6.62. The third-order valence-electron chi connectivity index (χ3n) is 2.88. The Kier molecular flexibility index (Phi) is 5.21. The van der Waals surface area contributed by atoms with Gasteiger partial charge in [-0.1, -0.05) is 17.7 Å². The lowest BCUT2D eigenvalue weighted by atomic mass is 10.1. The van der Waals surface area contributed by atoms with Crippen LogP contribution in [0.25, 0.3) is 0 Å². The number of nitrogen functional groups attached to an aromatic ring is 1. The van der Waals surface area contributed by atoms with Gasteiger partial charge in [0.25, 0.3) is 0 Å². The number of nitrogens with zero attached hydrogens (tertiary/aromatic N) is 1. The number of hydrogen-bond acceptors (Lipinski definition) is 4. The zero-order valence-corrected chi connectivity index (χ0v) is 14.8. The van der Waals surface area contributed by atoms with Crippen molar-refractivity contribution >= 4 is 39.1 Å². The maximum absolute atomic E-state index is 13.3. The van der Waals surface area contributed by atoms with Gasteiger partial charge in [-0.05, 0) is 38.5 Å². The van der Waals surface area contributed by atoms with E-state index < -0.39 is 27.6 Å². The van der Waals surface area contributed by atoms with Crippen molar-refractivity contribution in [2.45, 2.75) is 31.6 Å². The summed E-state index contributed by atoms with van der Waals surface area (Å²) < 4.78 is 28.3. The van der Waals surface area contributed by atoms with Crippen LogP contribution in [-0.2, 0) is 11.0 Å². The number of nitrogens with one attached hydrogen (secondary N) is 1. The van der Waals surface area contributed by atoms with Crippen molar-refractivity contribution < 1.29 is 8.60 Å². The third-order valence-corrected chi connectivity index (χ3v) is 5.66. The number of nitrogens with two attached hydrogens (primary N) is 1. The number of rotatable bonds is 4. The topological polar surface area (TPSA) is 68.0 Å². The minimum atomic E-state index is -1.34. The van der Waals surface area contributed by atoms with Crippen LogP contribution in [0.4, 0.5) is 9.52 Å². The van der Waals surface area contributed by atoms with Crippen molar-refractivity contribution in [3.8, 4) is 0 Å². The first-order valence-electron chi connectivity index (χ1n) is 6.52. The number of hydrogen-bond donors (Lipinski definition) is 2. The molecule has 0 bridgehead atoms. The van der Waals surface area contributed by atoms with Gasteiger partial charge in [-0.3, -0.25) is 0 Å². The highest BCUT2D eigenvalue weighted by Crippen LogP contribution is 2.33. The molecule has 0 fully saturated rings. The first-order chi connectivity index (χ1) is 10.2. The van der Waals surface area contributed by atoms with Gasteiger partial charge < -0.3 is 5.73 Å². The van der Waals surface area contributed by atoms with Gasteiger partial charge in [0.15, 0.2) is 5.13 Å². The molecule has 8 heteroatoms. The molecule has 1 aromatic heterocycles. The summed E-state index contributed by atoms with van der Waals surface area (Å²) in [4.78, 5) is 4.79. The van der Waals surface area contributed by atoms with Crippen molar-refractivity contribution in [1.29, 1.82) is 0 Å². The van der Waals surface area contributed by atoms with Crippen molar-refractivity contribution in [2.24, 2.45) is 0 Å². The zero-order valence-electron chi connectivity index (χ0n) is 12.4. The van der Waals surface area contributed by atoms with Gasteiger partial charge in [-0.25, -0.2) is 18.3 Å². The SMILES string of the molecule is CC(C)(C)S(=O)N[C@@H](c1cnc(N)s1)c1ccc(F)cc1Cl. The van der Waals surface area contributed by atoms with Crippen molar-refractivity contribution in [3.63, 3.8) is 0 Å². The molecule has 3 N–H and O–H groups in total. The average Bonchev–Trinajstić information content (AvgIpc) is 2.82. The average molecular weight is 362 g/mol. The summed E-state index contributed by atoms with van der Waals surface area (Å²) in [6.07, 6.45) is 1.61. The lowest BCUT2D eigenvalue weighted by Crippen LogP contribution is -2.36. The molecule has 22 heavy (non-hydrogen) atoms. The quantitative estimate of drug-likeness (QED) is 0.873.